The van der Waals surface area contributed by atoms with Gasteiger partial charge in [0, 0.05) is 50.2 Å². The number of nitrogens with zero attached hydrogens (tertiary/aromatic N) is 2. The van der Waals surface area contributed by atoms with Gasteiger partial charge in [0.25, 0.3) is 0 Å². The van der Waals surface area contributed by atoms with Crippen molar-refractivity contribution in [2.45, 2.75) is 19.3 Å². The highest BCUT2D eigenvalue weighted by molar-refractivity contribution is 7.92. The number of piperidine rings is 1. The minimum absolute atomic E-state index is 0.0271. The molecule has 6 nitrogen and oxygen atoms in total. The van der Waals surface area contributed by atoms with E-state index in [1.165, 1.54) is 9.71 Å². The number of amides is 1. The zero-order chi connectivity index (χ0) is 22.1. The number of anilines is 1. The van der Waals surface area contributed by atoms with Crippen molar-refractivity contribution in [2.75, 3.05) is 38.1 Å². The molecule has 3 rings (SSSR count). The fraction of sp³-hybridized carbons (Fsp3) is 0.375. The summed E-state index contributed by atoms with van der Waals surface area (Å²) in [5.41, 5.74) is 2.00. The van der Waals surface area contributed by atoms with Crippen molar-refractivity contribution in [3.05, 3.63) is 71.6 Å². The molecule has 1 fully saturated rings. The third-order valence-corrected chi connectivity index (χ3v) is 7.15. The maximum absolute atomic E-state index is 12.6. The van der Waals surface area contributed by atoms with E-state index in [-0.39, 0.29) is 11.8 Å². The Balaban J connectivity index is 1.38. The summed E-state index contributed by atoms with van der Waals surface area (Å²) in [5.74, 6) is -0.101. The number of nitrogens with one attached hydrogen (secondary N) is 1. The molecule has 1 aliphatic rings. The first-order chi connectivity index (χ1) is 15.0. The van der Waals surface area contributed by atoms with Crippen LogP contribution >= 0.6 is 0 Å². The summed E-state index contributed by atoms with van der Waals surface area (Å²) in [6.07, 6.45) is 3.57. The molecule has 2 aromatic carbocycles. The minimum Gasteiger partial charge on any atom is -0.375 e. The van der Waals surface area contributed by atoms with Gasteiger partial charge in [-0.3, -0.25) is 4.79 Å². The van der Waals surface area contributed by atoms with E-state index >= 15 is 0 Å². The van der Waals surface area contributed by atoms with E-state index in [2.05, 4.69) is 22.3 Å². The molecule has 0 aliphatic carbocycles. The van der Waals surface area contributed by atoms with Crippen molar-refractivity contribution in [3.8, 4) is 0 Å². The lowest BCUT2D eigenvalue weighted by molar-refractivity contribution is -0.126. The molecule has 0 saturated carbocycles. The molecule has 0 radical (unpaired) electrons. The monoisotopic (exact) mass is 441 g/mol. The molecule has 166 valence electrons. The number of carbonyl (C=O) groups is 1. The van der Waals surface area contributed by atoms with Crippen molar-refractivity contribution < 1.29 is 13.2 Å². The van der Waals surface area contributed by atoms with Crippen LogP contribution in [0, 0.1) is 5.92 Å². The Kier molecular flexibility index (Phi) is 8.26. The number of para-hydroxylation sites is 1. The van der Waals surface area contributed by atoms with E-state index in [0.717, 1.165) is 24.2 Å². The minimum atomic E-state index is -3.47. The molecule has 0 aromatic heterocycles. The van der Waals surface area contributed by atoms with Crippen LogP contribution in [0.15, 0.2) is 66.1 Å². The van der Waals surface area contributed by atoms with Crippen molar-refractivity contribution in [3.63, 3.8) is 0 Å². The molecule has 0 atom stereocenters. The van der Waals surface area contributed by atoms with Gasteiger partial charge in [-0.05, 0) is 43.0 Å². The predicted octanol–water partition coefficient (Wildman–Crippen LogP) is 3.34. The predicted molar refractivity (Wildman–Crippen MR) is 126 cm³/mol. The van der Waals surface area contributed by atoms with Gasteiger partial charge >= 0.3 is 0 Å². The van der Waals surface area contributed by atoms with E-state index in [1.807, 2.05) is 55.6 Å². The van der Waals surface area contributed by atoms with Gasteiger partial charge < -0.3 is 10.2 Å². The highest BCUT2D eigenvalue weighted by Gasteiger charge is 2.29. The number of sulfonamides is 1. The molecule has 1 heterocycles. The van der Waals surface area contributed by atoms with Crippen LogP contribution in [-0.4, -0.2) is 51.9 Å². The zero-order valence-electron chi connectivity index (χ0n) is 18.0. The molecule has 2 aromatic rings. The Morgan fingerprint density at radius 2 is 1.68 bits per heavy atom. The summed E-state index contributed by atoms with van der Waals surface area (Å²) in [6, 6.07) is 19.5. The maximum Gasteiger partial charge on any atom is 0.236 e. The first-order valence-electron chi connectivity index (χ1n) is 10.7. The molecule has 31 heavy (non-hydrogen) atoms. The van der Waals surface area contributed by atoms with Crippen LogP contribution in [-0.2, 0) is 14.8 Å². The van der Waals surface area contributed by atoms with Crippen LogP contribution in [0.2, 0.25) is 0 Å². The van der Waals surface area contributed by atoms with Crippen molar-refractivity contribution in [1.82, 2.24) is 9.62 Å². The van der Waals surface area contributed by atoms with Gasteiger partial charge in [0.1, 0.15) is 0 Å². The summed E-state index contributed by atoms with van der Waals surface area (Å²) < 4.78 is 26.6. The largest absolute Gasteiger partial charge is 0.375 e. The quantitative estimate of drug-likeness (QED) is 0.606. The second-order valence-corrected chi connectivity index (χ2v) is 9.65. The van der Waals surface area contributed by atoms with Crippen molar-refractivity contribution in [1.29, 1.82) is 0 Å². The third kappa shape index (κ3) is 6.94. The zero-order valence-corrected chi connectivity index (χ0v) is 18.8. The van der Waals surface area contributed by atoms with Gasteiger partial charge in [-0.25, -0.2) is 8.42 Å². The van der Waals surface area contributed by atoms with Gasteiger partial charge in [-0.2, -0.15) is 4.31 Å². The van der Waals surface area contributed by atoms with Crippen LogP contribution in [0.4, 0.5) is 5.69 Å². The number of rotatable bonds is 9. The second kappa shape index (κ2) is 11.1. The average Bonchev–Trinajstić information content (AvgIpc) is 2.81. The van der Waals surface area contributed by atoms with Crippen LogP contribution in [0.25, 0.3) is 6.08 Å². The van der Waals surface area contributed by atoms with Gasteiger partial charge in [0.05, 0.1) is 0 Å². The van der Waals surface area contributed by atoms with Crippen LogP contribution in [0.5, 0.6) is 0 Å². The summed E-state index contributed by atoms with van der Waals surface area (Å²) in [7, 11) is -1.43. The summed E-state index contributed by atoms with van der Waals surface area (Å²) >= 11 is 0. The number of benzene rings is 2. The maximum atomic E-state index is 12.6. The topological polar surface area (TPSA) is 69.7 Å². The number of hydrogen-bond acceptors (Lipinski definition) is 4. The third-order valence-electron chi connectivity index (χ3n) is 5.58. The smallest absolute Gasteiger partial charge is 0.236 e. The van der Waals surface area contributed by atoms with E-state index in [1.54, 1.807) is 6.08 Å². The molecule has 1 aliphatic heterocycles. The van der Waals surface area contributed by atoms with Crippen LogP contribution in [0.3, 0.4) is 0 Å². The van der Waals surface area contributed by atoms with E-state index in [9.17, 15) is 13.2 Å². The first-order valence-corrected chi connectivity index (χ1v) is 12.2. The first kappa shape index (κ1) is 23.0. The Morgan fingerprint density at radius 1 is 1.06 bits per heavy atom. The van der Waals surface area contributed by atoms with E-state index < -0.39 is 10.0 Å². The summed E-state index contributed by atoms with van der Waals surface area (Å²) in [5, 5.41) is 4.27. The van der Waals surface area contributed by atoms with Gasteiger partial charge in [0.15, 0.2) is 0 Å². The molecule has 1 amide bonds. The fourth-order valence-corrected chi connectivity index (χ4v) is 4.89. The Hall–Kier alpha value is -2.64. The molecule has 1 saturated heterocycles. The Labute approximate surface area is 185 Å². The van der Waals surface area contributed by atoms with E-state index in [0.29, 0.717) is 32.5 Å². The average molecular weight is 442 g/mol. The molecular formula is C24H31N3O3S. The molecule has 0 bridgehead atoms. The lowest BCUT2D eigenvalue weighted by Gasteiger charge is -2.29. The van der Waals surface area contributed by atoms with E-state index in [4.69, 9.17) is 0 Å². The molecule has 0 spiro atoms. The van der Waals surface area contributed by atoms with Crippen LogP contribution in [0.1, 0.15) is 24.8 Å². The van der Waals surface area contributed by atoms with Crippen LogP contribution < -0.4 is 10.2 Å². The number of carbonyl (C=O) groups excluding carboxylic acids is 1. The standard InChI is InChI=1S/C24H31N3O3S/c1-26(23-11-6-3-7-12-23)17-8-16-25-24(28)22-13-18-27(19-14-22)31(29,30)20-15-21-9-4-2-5-10-21/h2-7,9-12,15,20,22H,8,13-14,16-19H2,1H3,(H,25,28). The van der Waals surface area contributed by atoms with Gasteiger partial charge in [0.2, 0.25) is 15.9 Å². The summed E-state index contributed by atoms with van der Waals surface area (Å²) in [6.45, 7) is 2.22. The molecule has 7 heteroatoms. The highest BCUT2D eigenvalue weighted by Crippen LogP contribution is 2.21. The Bertz CT molecular complexity index is 954. The highest BCUT2D eigenvalue weighted by atomic mass is 32.2. The molecule has 0 unspecified atom stereocenters. The van der Waals surface area contributed by atoms with Gasteiger partial charge in [-0.1, -0.05) is 48.5 Å². The number of hydrogen-bond donors (Lipinski definition) is 1. The second-order valence-electron chi connectivity index (χ2n) is 7.83. The molecular weight excluding hydrogens is 410 g/mol. The van der Waals surface area contributed by atoms with Gasteiger partial charge in [-0.15, -0.1) is 0 Å². The summed E-state index contributed by atoms with van der Waals surface area (Å²) in [4.78, 5) is 14.6. The lowest BCUT2D eigenvalue weighted by Crippen LogP contribution is -2.42. The SMILES string of the molecule is CN(CCCNC(=O)C1CCN(S(=O)(=O)C=Cc2ccccc2)CC1)c1ccccc1. The Morgan fingerprint density at radius 3 is 2.32 bits per heavy atom. The fourth-order valence-electron chi connectivity index (χ4n) is 3.67. The normalized spacial score (nSPS) is 15.8. The van der Waals surface area contributed by atoms with Crippen molar-refractivity contribution >= 4 is 27.7 Å². The van der Waals surface area contributed by atoms with Crippen molar-refractivity contribution in [2.24, 2.45) is 5.92 Å². The lowest BCUT2D eigenvalue weighted by atomic mass is 9.97. The molecule has 1 N–H and O–H groups in total.